The van der Waals surface area contributed by atoms with E-state index in [4.69, 9.17) is 16.3 Å². The molecule has 2 aliphatic rings. The third-order valence-electron chi connectivity index (χ3n) is 7.39. The molecule has 216 valence electrons. The van der Waals surface area contributed by atoms with Gasteiger partial charge in [0.05, 0.1) is 18.5 Å². The second-order valence-electron chi connectivity index (χ2n) is 10.3. The van der Waals surface area contributed by atoms with Crippen molar-refractivity contribution in [2.45, 2.75) is 30.0 Å². The number of hydrogen-bond donors (Lipinski definition) is 2. The summed E-state index contributed by atoms with van der Waals surface area (Å²) in [6.07, 6.45) is 0.856. The van der Waals surface area contributed by atoms with Crippen LogP contribution in [-0.2, 0) is 25.7 Å². The van der Waals surface area contributed by atoms with Gasteiger partial charge < -0.3 is 20.3 Å². The van der Waals surface area contributed by atoms with Crippen molar-refractivity contribution in [2.75, 3.05) is 45.9 Å². The maximum absolute atomic E-state index is 13.5. The molecule has 5 rings (SSSR count). The Balaban J connectivity index is 1.18. The molecule has 0 unspecified atom stereocenters. The van der Waals surface area contributed by atoms with Gasteiger partial charge >= 0.3 is 0 Å². The van der Waals surface area contributed by atoms with Gasteiger partial charge in [0.1, 0.15) is 11.9 Å². The average molecular weight is 595 g/mol. The fourth-order valence-electron chi connectivity index (χ4n) is 5.25. The fourth-order valence-corrected chi connectivity index (χ4v) is 6.89. The van der Waals surface area contributed by atoms with Crippen molar-refractivity contribution in [2.24, 2.45) is 0 Å². The van der Waals surface area contributed by atoms with Crippen molar-refractivity contribution < 1.29 is 19.1 Å². The number of carbonyl (C=O) groups excluding carboxylic acids is 3. The number of fused-ring (bicyclic) bond motifs is 1. The Kier molecular flexibility index (Phi) is 10.2. The lowest BCUT2D eigenvalue weighted by atomic mass is 10.0. The number of carbonyl (C=O) groups is 3. The number of halogens is 1. The zero-order chi connectivity index (χ0) is 28.6. The first-order chi connectivity index (χ1) is 20.0. The van der Waals surface area contributed by atoms with Gasteiger partial charge in [0.25, 0.3) is 0 Å². The molecule has 2 aliphatic heterocycles. The van der Waals surface area contributed by atoms with E-state index >= 15 is 0 Å². The highest BCUT2D eigenvalue weighted by Gasteiger charge is 2.42. The van der Waals surface area contributed by atoms with Gasteiger partial charge in [-0.3, -0.25) is 19.3 Å². The fraction of sp³-hybridized carbons (Fsp3) is 0.387. The Bertz CT molecular complexity index is 1380. The monoisotopic (exact) mass is 594 g/mol. The SMILES string of the molecule is O=C(C[C@H]1S[C@H](c2cccc(Cl)c2)N(CC(=O)NCCCN2CCOCC2)C1=O)NCc1cccc2ccccc12. The second-order valence-corrected chi connectivity index (χ2v) is 12.0. The zero-order valence-corrected chi connectivity index (χ0v) is 24.5. The Morgan fingerprint density at radius 3 is 2.59 bits per heavy atom. The van der Waals surface area contributed by atoms with Crippen LogP contribution in [0.4, 0.5) is 0 Å². The molecule has 2 saturated heterocycles. The van der Waals surface area contributed by atoms with Crippen molar-refractivity contribution in [3.05, 3.63) is 82.9 Å². The van der Waals surface area contributed by atoms with Gasteiger partial charge in [-0.25, -0.2) is 0 Å². The van der Waals surface area contributed by atoms with Crippen LogP contribution in [0.3, 0.4) is 0 Å². The first kappa shape index (κ1) is 29.4. The molecule has 2 heterocycles. The van der Waals surface area contributed by atoms with Gasteiger partial charge in [-0.2, -0.15) is 0 Å². The van der Waals surface area contributed by atoms with Crippen LogP contribution < -0.4 is 10.6 Å². The summed E-state index contributed by atoms with van der Waals surface area (Å²) in [5.74, 6) is -0.638. The molecule has 3 amide bonds. The summed E-state index contributed by atoms with van der Waals surface area (Å²) in [6.45, 7) is 5.03. The van der Waals surface area contributed by atoms with E-state index in [0.717, 1.165) is 61.2 Å². The van der Waals surface area contributed by atoms with Gasteiger partial charge in [0.15, 0.2) is 0 Å². The molecule has 0 aliphatic carbocycles. The van der Waals surface area contributed by atoms with E-state index in [0.29, 0.717) is 18.1 Å². The topological polar surface area (TPSA) is 91.0 Å². The van der Waals surface area contributed by atoms with E-state index in [2.05, 4.69) is 15.5 Å². The minimum atomic E-state index is -0.597. The lowest BCUT2D eigenvalue weighted by molar-refractivity contribution is -0.136. The second kappa shape index (κ2) is 14.2. The molecular weight excluding hydrogens is 560 g/mol. The quantitative estimate of drug-likeness (QED) is 0.326. The zero-order valence-electron chi connectivity index (χ0n) is 22.9. The highest BCUT2D eigenvalue weighted by molar-refractivity contribution is 8.01. The molecule has 0 bridgehead atoms. The van der Waals surface area contributed by atoms with E-state index in [9.17, 15) is 14.4 Å². The third kappa shape index (κ3) is 7.80. The molecule has 0 radical (unpaired) electrons. The van der Waals surface area contributed by atoms with E-state index in [1.165, 1.54) is 11.8 Å². The predicted octanol–water partition coefficient (Wildman–Crippen LogP) is 3.98. The molecule has 2 fully saturated rings. The summed E-state index contributed by atoms with van der Waals surface area (Å²) < 4.78 is 5.38. The smallest absolute Gasteiger partial charge is 0.239 e. The summed E-state index contributed by atoms with van der Waals surface area (Å²) >= 11 is 7.64. The minimum absolute atomic E-state index is 0.0308. The number of thioether (sulfide) groups is 1. The van der Waals surface area contributed by atoms with Gasteiger partial charge in [-0.05, 0) is 47.0 Å². The molecule has 0 spiro atoms. The van der Waals surface area contributed by atoms with Gasteiger partial charge in [0.2, 0.25) is 17.7 Å². The number of nitrogens with one attached hydrogen (secondary N) is 2. The largest absolute Gasteiger partial charge is 0.379 e. The third-order valence-corrected chi connectivity index (χ3v) is 9.10. The minimum Gasteiger partial charge on any atom is -0.379 e. The number of amides is 3. The maximum Gasteiger partial charge on any atom is 0.239 e. The van der Waals surface area contributed by atoms with E-state index in [-0.39, 0.29) is 30.7 Å². The summed E-state index contributed by atoms with van der Waals surface area (Å²) in [6, 6.07) is 21.4. The first-order valence-corrected chi connectivity index (χ1v) is 15.3. The number of hydrogen-bond acceptors (Lipinski definition) is 6. The Hall–Kier alpha value is -3.11. The number of morpholine rings is 1. The Morgan fingerprint density at radius 1 is 0.976 bits per heavy atom. The molecule has 2 atom stereocenters. The van der Waals surface area contributed by atoms with E-state index in [1.807, 2.05) is 60.7 Å². The summed E-state index contributed by atoms with van der Waals surface area (Å²) in [5.41, 5.74) is 1.85. The van der Waals surface area contributed by atoms with Crippen LogP contribution in [0.1, 0.15) is 29.3 Å². The van der Waals surface area contributed by atoms with Crippen LogP contribution in [0, 0.1) is 0 Å². The molecular formula is C31H35ClN4O4S. The lowest BCUT2D eigenvalue weighted by Crippen LogP contribution is -2.42. The predicted molar refractivity (Wildman–Crippen MR) is 163 cm³/mol. The van der Waals surface area contributed by atoms with Crippen LogP contribution in [0.2, 0.25) is 5.02 Å². The summed E-state index contributed by atoms with van der Waals surface area (Å²) in [5, 5.41) is 7.69. The lowest BCUT2D eigenvalue weighted by Gasteiger charge is -2.26. The molecule has 0 saturated carbocycles. The van der Waals surface area contributed by atoms with Crippen LogP contribution in [0.25, 0.3) is 10.8 Å². The highest BCUT2D eigenvalue weighted by Crippen LogP contribution is 2.44. The van der Waals surface area contributed by atoms with Crippen LogP contribution in [0.5, 0.6) is 0 Å². The van der Waals surface area contributed by atoms with Crippen molar-refractivity contribution in [1.82, 2.24) is 20.4 Å². The highest BCUT2D eigenvalue weighted by atomic mass is 35.5. The van der Waals surface area contributed by atoms with Crippen molar-refractivity contribution >= 4 is 51.9 Å². The molecule has 3 aromatic rings. The molecule has 0 aromatic heterocycles. The van der Waals surface area contributed by atoms with Crippen molar-refractivity contribution in [3.63, 3.8) is 0 Å². The van der Waals surface area contributed by atoms with Gasteiger partial charge in [-0.15, -0.1) is 11.8 Å². The van der Waals surface area contributed by atoms with Crippen LogP contribution >= 0.6 is 23.4 Å². The van der Waals surface area contributed by atoms with E-state index in [1.54, 1.807) is 11.0 Å². The van der Waals surface area contributed by atoms with Gasteiger partial charge in [0, 0.05) is 37.6 Å². The maximum atomic E-state index is 13.5. The number of rotatable bonds is 11. The molecule has 10 heteroatoms. The van der Waals surface area contributed by atoms with Crippen LogP contribution in [-0.4, -0.2) is 78.7 Å². The standard InChI is InChI=1S/C31H35ClN4O4S/c32-25-10-4-8-23(18-25)31-36(21-29(38)33-12-5-13-35-14-16-40-17-15-35)30(39)27(41-31)19-28(37)34-20-24-9-3-7-22-6-1-2-11-26(22)24/h1-4,6-11,18,27,31H,5,12-17,19-21H2,(H,33,38)(H,34,37)/t27-,31-/m1/s1. The average Bonchev–Trinajstić information content (AvgIpc) is 3.28. The van der Waals surface area contributed by atoms with Crippen molar-refractivity contribution in [1.29, 1.82) is 0 Å². The molecule has 41 heavy (non-hydrogen) atoms. The van der Waals surface area contributed by atoms with Crippen molar-refractivity contribution in [3.8, 4) is 0 Å². The Labute approximate surface area is 249 Å². The van der Waals surface area contributed by atoms with E-state index < -0.39 is 10.6 Å². The summed E-state index contributed by atoms with van der Waals surface area (Å²) in [7, 11) is 0. The number of nitrogens with zero attached hydrogens (tertiary/aromatic N) is 2. The first-order valence-electron chi connectivity index (χ1n) is 14.0. The number of benzene rings is 3. The Morgan fingerprint density at radius 2 is 1.76 bits per heavy atom. The normalized spacial score (nSPS) is 19.4. The number of ether oxygens (including phenoxy) is 1. The van der Waals surface area contributed by atoms with Crippen LogP contribution in [0.15, 0.2) is 66.7 Å². The van der Waals surface area contributed by atoms with Gasteiger partial charge in [-0.1, -0.05) is 66.2 Å². The molecule has 2 N–H and O–H groups in total. The summed E-state index contributed by atoms with van der Waals surface area (Å²) in [4.78, 5) is 43.3. The molecule has 3 aromatic carbocycles. The molecule has 8 nitrogen and oxygen atoms in total.